The van der Waals surface area contributed by atoms with E-state index in [1.165, 1.54) is 25.7 Å². The Bertz CT molecular complexity index is 1130. The van der Waals surface area contributed by atoms with E-state index in [0.717, 1.165) is 34.1 Å². The van der Waals surface area contributed by atoms with Crippen molar-refractivity contribution in [3.8, 4) is 5.75 Å². The fraction of sp³-hybridized carbons (Fsp3) is 0.320. The average molecular weight is 447 g/mol. The summed E-state index contributed by atoms with van der Waals surface area (Å²) in [6.45, 7) is 0.396. The molecule has 1 heterocycles. The van der Waals surface area contributed by atoms with E-state index >= 15 is 0 Å². The zero-order valence-electron chi connectivity index (χ0n) is 17.7. The zero-order chi connectivity index (χ0) is 21.9. The number of rotatable bonds is 5. The first-order chi connectivity index (χ1) is 15.7. The van der Waals surface area contributed by atoms with Crippen LogP contribution in [-0.4, -0.2) is 22.0 Å². The van der Waals surface area contributed by atoms with Crippen molar-refractivity contribution in [1.82, 2.24) is 21.2 Å². The van der Waals surface area contributed by atoms with Gasteiger partial charge in [0.05, 0.1) is 0 Å². The van der Waals surface area contributed by atoms with Crippen LogP contribution in [0.2, 0.25) is 0 Å². The maximum atomic E-state index is 12.5. The average Bonchev–Trinajstić information content (AvgIpc) is 3.45. The minimum atomic E-state index is -0.229. The maximum absolute atomic E-state index is 12.5. The second kappa shape index (κ2) is 9.12. The van der Waals surface area contributed by atoms with Gasteiger partial charge in [0.25, 0.3) is 5.91 Å². The molecule has 2 aliphatic rings. The van der Waals surface area contributed by atoms with E-state index in [-0.39, 0.29) is 5.91 Å². The lowest BCUT2D eigenvalue weighted by molar-refractivity contribution is 0.0943. The molecule has 32 heavy (non-hydrogen) atoms. The highest BCUT2D eigenvalue weighted by atomic mass is 32.1. The predicted molar refractivity (Wildman–Crippen MR) is 128 cm³/mol. The van der Waals surface area contributed by atoms with Crippen LogP contribution in [0.15, 0.2) is 60.8 Å². The number of benzene rings is 2. The van der Waals surface area contributed by atoms with Crippen LogP contribution in [0.4, 0.5) is 0 Å². The van der Waals surface area contributed by atoms with E-state index in [4.69, 9.17) is 17.0 Å². The van der Waals surface area contributed by atoms with Gasteiger partial charge in [0.2, 0.25) is 0 Å². The monoisotopic (exact) mass is 446 g/mol. The Balaban J connectivity index is 1.11. The highest BCUT2D eigenvalue weighted by Gasteiger charge is 2.39. The standard InChI is InChI=1S/C25H26N4O2S/c30-24(28-29-25(32)27-21-14-17-8-11-20(21)13-17)19-9-6-16(7-10-19)15-31-22-5-1-3-18-4-2-12-26-23(18)22/h1-7,9-10,12,17,20-21H,8,11,13-15H2,(H,28,30)(H2,27,29,32)/t17-,20-,21+/m0/s1. The number of hydrogen-bond acceptors (Lipinski definition) is 4. The summed E-state index contributed by atoms with van der Waals surface area (Å²) in [5, 5.41) is 4.87. The van der Waals surface area contributed by atoms with Crippen LogP contribution in [0.5, 0.6) is 5.75 Å². The van der Waals surface area contributed by atoms with Gasteiger partial charge in [-0.3, -0.25) is 20.6 Å². The molecule has 7 heteroatoms. The normalized spacial score (nSPS) is 21.3. The number of nitrogens with zero attached hydrogens (tertiary/aromatic N) is 1. The van der Waals surface area contributed by atoms with Gasteiger partial charge in [0, 0.05) is 23.2 Å². The largest absolute Gasteiger partial charge is 0.487 e. The highest BCUT2D eigenvalue weighted by molar-refractivity contribution is 7.80. The lowest BCUT2D eigenvalue weighted by Crippen LogP contribution is -2.50. The molecule has 2 fully saturated rings. The SMILES string of the molecule is O=C(NNC(=S)N[C@@H]1C[C@H]2CC[C@H]1C2)c1ccc(COc2cccc3cccnc23)cc1. The van der Waals surface area contributed by atoms with Gasteiger partial charge in [-0.1, -0.05) is 36.8 Å². The number of carbonyl (C=O) groups is 1. The number of aromatic nitrogens is 1. The first-order valence-corrected chi connectivity index (χ1v) is 11.5. The number of amides is 1. The molecule has 0 unspecified atom stereocenters. The summed E-state index contributed by atoms with van der Waals surface area (Å²) in [4.78, 5) is 16.9. The van der Waals surface area contributed by atoms with Gasteiger partial charge in [-0.25, -0.2) is 0 Å². The highest BCUT2D eigenvalue weighted by Crippen LogP contribution is 2.44. The summed E-state index contributed by atoms with van der Waals surface area (Å²) >= 11 is 5.35. The van der Waals surface area contributed by atoms with Crippen molar-refractivity contribution < 1.29 is 9.53 Å². The molecule has 2 aliphatic carbocycles. The molecule has 6 nitrogen and oxygen atoms in total. The summed E-state index contributed by atoms with van der Waals surface area (Å²) in [5.74, 6) is 2.07. The summed E-state index contributed by atoms with van der Waals surface area (Å²) < 4.78 is 5.97. The lowest BCUT2D eigenvalue weighted by atomic mass is 9.96. The summed E-state index contributed by atoms with van der Waals surface area (Å²) in [7, 11) is 0. The zero-order valence-corrected chi connectivity index (χ0v) is 18.5. The van der Waals surface area contributed by atoms with E-state index in [9.17, 15) is 4.79 Å². The number of nitrogens with one attached hydrogen (secondary N) is 3. The van der Waals surface area contributed by atoms with Crippen LogP contribution in [-0.2, 0) is 6.61 Å². The van der Waals surface area contributed by atoms with Crippen molar-refractivity contribution in [3.05, 3.63) is 71.9 Å². The van der Waals surface area contributed by atoms with Crippen LogP contribution < -0.4 is 20.9 Å². The van der Waals surface area contributed by atoms with E-state index < -0.39 is 0 Å². The molecule has 1 amide bonds. The van der Waals surface area contributed by atoms with Gasteiger partial charge >= 0.3 is 0 Å². The van der Waals surface area contributed by atoms with E-state index in [2.05, 4.69) is 21.2 Å². The Hall–Kier alpha value is -3.19. The number of fused-ring (bicyclic) bond motifs is 3. The van der Waals surface area contributed by atoms with E-state index in [1.807, 2.05) is 42.5 Å². The Morgan fingerprint density at radius 3 is 2.66 bits per heavy atom. The Morgan fingerprint density at radius 1 is 1.03 bits per heavy atom. The van der Waals surface area contributed by atoms with Gasteiger partial charge in [0.15, 0.2) is 5.11 Å². The molecule has 0 aliphatic heterocycles. The number of thiocarbonyl (C=S) groups is 1. The minimum Gasteiger partial charge on any atom is -0.487 e. The van der Waals surface area contributed by atoms with Gasteiger partial charge in [-0.2, -0.15) is 0 Å². The third kappa shape index (κ3) is 4.53. The second-order valence-electron chi connectivity index (χ2n) is 8.65. The molecule has 5 rings (SSSR count). The van der Waals surface area contributed by atoms with Gasteiger partial charge in [-0.15, -0.1) is 0 Å². The van der Waals surface area contributed by atoms with Crippen LogP contribution in [0, 0.1) is 11.8 Å². The third-order valence-electron chi connectivity index (χ3n) is 6.55. The molecular formula is C25H26N4O2S. The Morgan fingerprint density at radius 2 is 1.88 bits per heavy atom. The summed E-state index contributed by atoms with van der Waals surface area (Å²) in [6.07, 6.45) is 6.87. The Labute approximate surface area is 192 Å². The first kappa shape index (κ1) is 20.7. The molecule has 3 atom stereocenters. The summed E-state index contributed by atoms with van der Waals surface area (Å²) in [6, 6.07) is 17.6. The van der Waals surface area contributed by atoms with Gasteiger partial charge in [-0.05, 0) is 73.1 Å². The van der Waals surface area contributed by atoms with Crippen molar-refractivity contribution in [2.75, 3.05) is 0 Å². The molecule has 0 spiro atoms. The number of pyridine rings is 1. The number of hydrogen-bond donors (Lipinski definition) is 3. The van der Waals surface area contributed by atoms with Crippen molar-refractivity contribution in [3.63, 3.8) is 0 Å². The molecule has 164 valence electrons. The van der Waals surface area contributed by atoms with Crippen LogP contribution >= 0.6 is 12.2 Å². The van der Waals surface area contributed by atoms with Crippen LogP contribution in [0.1, 0.15) is 41.6 Å². The molecule has 0 saturated heterocycles. The maximum Gasteiger partial charge on any atom is 0.269 e. The molecule has 3 N–H and O–H groups in total. The quantitative estimate of drug-likeness (QED) is 0.405. The molecule has 0 radical (unpaired) electrons. The van der Waals surface area contributed by atoms with Crippen molar-refractivity contribution in [1.29, 1.82) is 0 Å². The second-order valence-corrected chi connectivity index (χ2v) is 9.06. The Kier molecular flexibility index (Phi) is 5.90. The molecule has 2 bridgehead atoms. The smallest absolute Gasteiger partial charge is 0.269 e. The topological polar surface area (TPSA) is 75.3 Å². The van der Waals surface area contributed by atoms with Crippen molar-refractivity contribution >= 4 is 34.1 Å². The van der Waals surface area contributed by atoms with E-state index in [0.29, 0.717) is 23.3 Å². The fourth-order valence-corrected chi connectivity index (χ4v) is 5.12. The molecular weight excluding hydrogens is 420 g/mol. The van der Waals surface area contributed by atoms with Crippen LogP contribution in [0.3, 0.4) is 0 Å². The minimum absolute atomic E-state index is 0.229. The van der Waals surface area contributed by atoms with Crippen LogP contribution in [0.25, 0.3) is 10.9 Å². The number of hydrazine groups is 1. The molecule has 1 aromatic heterocycles. The fourth-order valence-electron chi connectivity index (χ4n) is 4.92. The van der Waals surface area contributed by atoms with Crippen molar-refractivity contribution in [2.45, 2.75) is 38.3 Å². The number of para-hydroxylation sites is 1. The molecule has 2 aromatic carbocycles. The third-order valence-corrected chi connectivity index (χ3v) is 6.77. The van der Waals surface area contributed by atoms with Crippen molar-refractivity contribution in [2.24, 2.45) is 11.8 Å². The predicted octanol–water partition coefficient (Wildman–Crippen LogP) is 4.11. The summed E-state index contributed by atoms with van der Waals surface area (Å²) in [5.41, 5.74) is 7.88. The number of ether oxygens (including phenoxy) is 1. The van der Waals surface area contributed by atoms with Gasteiger partial charge in [0.1, 0.15) is 17.9 Å². The van der Waals surface area contributed by atoms with E-state index in [1.54, 1.807) is 18.3 Å². The first-order valence-electron chi connectivity index (χ1n) is 11.1. The lowest BCUT2D eigenvalue weighted by Gasteiger charge is -2.24. The van der Waals surface area contributed by atoms with Gasteiger partial charge < -0.3 is 10.1 Å². The number of carbonyl (C=O) groups excluding carboxylic acids is 1. The molecule has 3 aromatic rings. The molecule has 2 saturated carbocycles.